The smallest absolute Gasteiger partial charge is 0.206 e. The van der Waals surface area contributed by atoms with Gasteiger partial charge in [-0.1, -0.05) is 29.2 Å². The van der Waals surface area contributed by atoms with Crippen molar-refractivity contribution in [2.45, 2.75) is 43.7 Å². The Morgan fingerprint density at radius 3 is 3.12 bits per heavy atom. The zero-order valence-corrected chi connectivity index (χ0v) is 16.8. The molecule has 3 heterocycles. The van der Waals surface area contributed by atoms with Crippen LogP contribution >= 0.6 is 23.1 Å². The molecule has 0 aromatic carbocycles. The summed E-state index contributed by atoms with van der Waals surface area (Å²) < 4.78 is 8.73. The number of ketones is 1. The topological polar surface area (TPSA) is 69.0 Å². The van der Waals surface area contributed by atoms with E-state index in [2.05, 4.69) is 26.7 Å². The lowest BCUT2D eigenvalue weighted by Crippen LogP contribution is -2.17. The van der Waals surface area contributed by atoms with Crippen LogP contribution in [0.15, 0.2) is 23.1 Å². The molecule has 1 fully saturated rings. The average molecular weight is 393 g/mol. The summed E-state index contributed by atoms with van der Waals surface area (Å²) in [5.41, 5.74) is 2.93. The van der Waals surface area contributed by atoms with E-state index in [0.29, 0.717) is 12.3 Å². The number of thioether (sulfide) groups is 1. The first-order valence-corrected chi connectivity index (χ1v) is 10.5. The van der Waals surface area contributed by atoms with Crippen molar-refractivity contribution in [2.24, 2.45) is 0 Å². The third-order valence-electron chi connectivity index (χ3n) is 4.42. The average Bonchev–Trinajstić information content (AvgIpc) is 3.36. The van der Waals surface area contributed by atoms with E-state index in [-0.39, 0.29) is 11.9 Å². The number of nitrogens with zero attached hydrogens (tertiary/aromatic N) is 3. The zero-order chi connectivity index (χ0) is 18.5. The van der Waals surface area contributed by atoms with Gasteiger partial charge in [0.25, 0.3) is 0 Å². The molecule has 1 N–H and O–H groups in total. The molecule has 0 radical (unpaired) electrons. The second kappa shape index (κ2) is 8.83. The molecule has 8 heteroatoms. The number of nitrogens with one attached hydrogen (secondary N) is 1. The van der Waals surface area contributed by atoms with Crippen molar-refractivity contribution in [1.82, 2.24) is 14.8 Å². The zero-order valence-electron chi connectivity index (χ0n) is 15.2. The highest BCUT2D eigenvalue weighted by atomic mass is 32.2. The molecule has 3 rings (SSSR count). The Hall–Kier alpha value is -1.64. The van der Waals surface area contributed by atoms with Crippen molar-refractivity contribution in [1.29, 1.82) is 0 Å². The number of hydrogen-bond donors (Lipinski definition) is 1. The molecule has 2 aromatic rings. The first-order valence-electron chi connectivity index (χ1n) is 8.71. The second-order valence-electron chi connectivity index (χ2n) is 6.28. The molecule has 0 unspecified atom stereocenters. The van der Waals surface area contributed by atoms with E-state index >= 15 is 0 Å². The minimum Gasteiger partial charge on any atom is -0.376 e. The molecule has 0 aliphatic carbocycles. The monoisotopic (exact) mass is 392 g/mol. The van der Waals surface area contributed by atoms with Crippen LogP contribution in [0.4, 0.5) is 5.13 Å². The van der Waals surface area contributed by atoms with Crippen molar-refractivity contribution in [3.8, 4) is 0 Å². The largest absolute Gasteiger partial charge is 0.376 e. The molecule has 0 spiro atoms. The fraction of sp³-hybridized carbons (Fsp3) is 0.500. The fourth-order valence-corrected chi connectivity index (χ4v) is 4.70. The summed E-state index contributed by atoms with van der Waals surface area (Å²) in [5.74, 6) is 0.484. The van der Waals surface area contributed by atoms with Crippen LogP contribution in [0.5, 0.6) is 0 Å². The molecule has 1 aliphatic rings. The van der Waals surface area contributed by atoms with Crippen molar-refractivity contribution < 1.29 is 9.53 Å². The van der Waals surface area contributed by atoms with E-state index in [9.17, 15) is 4.79 Å². The van der Waals surface area contributed by atoms with Crippen LogP contribution in [0.25, 0.3) is 0 Å². The maximum absolute atomic E-state index is 12.7. The lowest BCUT2D eigenvalue weighted by atomic mass is 10.2. The van der Waals surface area contributed by atoms with Gasteiger partial charge in [-0.05, 0) is 32.8 Å². The van der Waals surface area contributed by atoms with E-state index in [0.717, 1.165) is 52.4 Å². The molecule has 140 valence electrons. The Labute approximate surface area is 162 Å². The van der Waals surface area contributed by atoms with Gasteiger partial charge in [-0.2, -0.15) is 0 Å². The van der Waals surface area contributed by atoms with E-state index in [1.807, 2.05) is 19.9 Å². The van der Waals surface area contributed by atoms with Gasteiger partial charge in [0.05, 0.1) is 11.9 Å². The van der Waals surface area contributed by atoms with Gasteiger partial charge in [0, 0.05) is 36.6 Å². The van der Waals surface area contributed by atoms with E-state index < -0.39 is 0 Å². The molecular weight excluding hydrogens is 368 g/mol. The first-order chi connectivity index (χ1) is 12.6. The van der Waals surface area contributed by atoms with Crippen molar-refractivity contribution in [2.75, 3.05) is 24.2 Å². The van der Waals surface area contributed by atoms with Crippen molar-refractivity contribution in [3.63, 3.8) is 0 Å². The van der Waals surface area contributed by atoms with E-state index in [1.165, 1.54) is 23.1 Å². The van der Waals surface area contributed by atoms with Gasteiger partial charge < -0.3 is 14.6 Å². The van der Waals surface area contributed by atoms with Crippen LogP contribution in [0, 0.1) is 13.8 Å². The molecule has 6 nitrogen and oxygen atoms in total. The number of ether oxygens (including phenoxy) is 1. The Kier molecular flexibility index (Phi) is 6.50. The van der Waals surface area contributed by atoms with Crippen molar-refractivity contribution in [3.05, 3.63) is 35.7 Å². The molecule has 0 bridgehead atoms. The molecular formula is C18H24N4O2S2. The van der Waals surface area contributed by atoms with Gasteiger partial charge in [-0.15, -0.1) is 16.8 Å². The summed E-state index contributed by atoms with van der Waals surface area (Å²) in [5, 5.41) is 12.0. The second-order valence-corrected chi connectivity index (χ2v) is 8.48. The molecule has 0 saturated carbocycles. The SMILES string of the molecule is C=CCNc1nnc(SCC(=O)c2cc(C)n(C[C@H]3CCCO3)c2C)s1. The summed E-state index contributed by atoms with van der Waals surface area (Å²) in [7, 11) is 0. The highest BCUT2D eigenvalue weighted by Gasteiger charge is 2.21. The summed E-state index contributed by atoms with van der Waals surface area (Å²) in [4.78, 5) is 12.7. The van der Waals surface area contributed by atoms with Gasteiger partial charge in [0.2, 0.25) is 5.13 Å². The molecule has 1 aliphatic heterocycles. The standard InChI is InChI=1S/C18H24N4O2S2/c1-4-7-19-17-20-21-18(26-17)25-11-16(23)15-9-12(2)22(13(15)3)10-14-6-5-8-24-14/h4,9,14H,1,5-8,10-11H2,2-3H3,(H,19,20)/t14-/m1/s1. The van der Waals surface area contributed by atoms with Gasteiger partial charge in [0.1, 0.15) is 0 Å². The summed E-state index contributed by atoms with van der Waals surface area (Å²) in [6.07, 6.45) is 4.25. The summed E-state index contributed by atoms with van der Waals surface area (Å²) in [6, 6.07) is 1.99. The quantitative estimate of drug-likeness (QED) is 0.399. The van der Waals surface area contributed by atoms with Gasteiger partial charge >= 0.3 is 0 Å². The first kappa shape index (κ1) is 19.1. The molecule has 26 heavy (non-hydrogen) atoms. The maximum Gasteiger partial charge on any atom is 0.206 e. The van der Waals surface area contributed by atoms with E-state index in [4.69, 9.17) is 4.74 Å². The molecule has 1 atom stereocenters. The number of carbonyl (C=O) groups excluding carboxylic acids is 1. The molecule has 1 saturated heterocycles. The Balaban J connectivity index is 1.60. The van der Waals surface area contributed by atoms with Crippen LogP contribution in [-0.2, 0) is 11.3 Å². The Morgan fingerprint density at radius 1 is 1.54 bits per heavy atom. The van der Waals surface area contributed by atoms with Crippen LogP contribution in [-0.4, -0.2) is 45.6 Å². The number of anilines is 1. The van der Waals surface area contributed by atoms with Crippen LogP contribution in [0.1, 0.15) is 34.6 Å². The predicted molar refractivity (Wildman–Crippen MR) is 107 cm³/mol. The molecule has 0 amide bonds. The third-order valence-corrected chi connectivity index (χ3v) is 6.43. The van der Waals surface area contributed by atoms with Gasteiger partial charge in [-0.3, -0.25) is 4.79 Å². The number of hydrogen-bond acceptors (Lipinski definition) is 7. The lowest BCUT2D eigenvalue weighted by Gasteiger charge is -2.14. The van der Waals surface area contributed by atoms with Gasteiger partial charge in [0.15, 0.2) is 10.1 Å². The lowest BCUT2D eigenvalue weighted by molar-refractivity contribution is 0.0957. The van der Waals surface area contributed by atoms with Crippen LogP contribution in [0.2, 0.25) is 0 Å². The highest BCUT2D eigenvalue weighted by molar-refractivity contribution is 8.01. The normalized spacial score (nSPS) is 16.8. The van der Waals surface area contributed by atoms with Gasteiger partial charge in [-0.25, -0.2) is 0 Å². The number of carbonyl (C=O) groups is 1. The Morgan fingerprint density at radius 2 is 2.38 bits per heavy atom. The third kappa shape index (κ3) is 4.55. The number of aryl methyl sites for hydroxylation is 1. The summed E-state index contributed by atoms with van der Waals surface area (Å²) in [6.45, 7) is 10.0. The highest BCUT2D eigenvalue weighted by Crippen LogP contribution is 2.27. The molecule has 2 aromatic heterocycles. The Bertz CT molecular complexity index is 778. The van der Waals surface area contributed by atoms with E-state index in [1.54, 1.807) is 6.08 Å². The van der Waals surface area contributed by atoms with Crippen LogP contribution < -0.4 is 5.32 Å². The predicted octanol–water partition coefficient (Wildman–Crippen LogP) is 3.71. The maximum atomic E-state index is 12.7. The number of aromatic nitrogens is 3. The fourth-order valence-electron chi connectivity index (χ4n) is 3.06. The summed E-state index contributed by atoms with van der Waals surface area (Å²) >= 11 is 2.88. The minimum absolute atomic E-state index is 0.123. The minimum atomic E-state index is 0.123. The number of rotatable bonds is 9. The number of Topliss-reactive ketones (excluding diaryl/α,β-unsaturated/α-hetero) is 1. The van der Waals surface area contributed by atoms with Crippen LogP contribution in [0.3, 0.4) is 0 Å². The van der Waals surface area contributed by atoms with Crippen molar-refractivity contribution >= 4 is 34.0 Å².